The average Bonchev–Trinajstić information content (AvgIpc) is 3.11. The lowest BCUT2D eigenvalue weighted by Crippen LogP contribution is -2.05. The molecule has 18 heavy (non-hydrogen) atoms. The molecule has 0 radical (unpaired) electrons. The van der Waals surface area contributed by atoms with Crippen LogP contribution >= 0.6 is 0 Å². The summed E-state index contributed by atoms with van der Waals surface area (Å²) in [6.45, 7) is 5.77. The van der Waals surface area contributed by atoms with Crippen molar-refractivity contribution < 1.29 is 9.47 Å². The predicted molar refractivity (Wildman–Crippen MR) is 73.6 cm³/mol. The Hall–Kier alpha value is -0.860. The molecular weight excluding hydrogens is 224 g/mol. The molecular formula is C16H24O2. The molecule has 0 aromatic heterocycles. The van der Waals surface area contributed by atoms with Gasteiger partial charge in [-0.3, -0.25) is 0 Å². The van der Waals surface area contributed by atoms with E-state index in [0.717, 1.165) is 6.61 Å². The van der Waals surface area contributed by atoms with Crippen molar-refractivity contribution in [1.29, 1.82) is 0 Å². The van der Waals surface area contributed by atoms with Gasteiger partial charge in [0, 0.05) is 0 Å². The number of rotatable bonds is 8. The fourth-order valence-corrected chi connectivity index (χ4v) is 2.15. The highest BCUT2D eigenvalue weighted by Crippen LogP contribution is 2.27. The molecule has 2 unspecified atom stereocenters. The molecule has 1 fully saturated rings. The molecule has 1 aliphatic heterocycles. The summed E-state index contributed by atoms with van der Waals surface area (Å²) in [6.07, 6.45) is 5.90. The quantitative estimate of drug-likeness (QED) is 0.514. The minimum atomic E-state index is 0.354. The molecule has 0 spiro atoms. The van der Waals surface area contributed by atoms with Gasteiger partial charge in [-0.05, 0) is 18.9 Å². The molecule has 1 aromatic rings. The minimum Gasteiger partial charge on any atom is -0.374 e. The normalized spacial score (nSPS) is 22.1. The molecule has 0 N–H and O–H groups in total. The zero-order chi connectivity index (χ0) is 12.8. The first-order valence-electron chi connectivity index (χ1n) is 7.08. The van der Waals surface area contributed by atoms with Crippen LogP contribution in [0, 0.1) is 6.92 Å². The number of hydrogen-bond donors (Lipinski definition) is 0. The van der Waals surface area contributed by atoms with Crippen molar-refractivity contribution in [3.05, 3.63) is 35.4 Å². The zero-order valence-corrected chi connectivity index (χ0v) is 11.5. The van der Waals surface area contributed by atoms with Crippen LogP contribution in [0.3, 0.4) is 0 Å². The first-order chi connectivity index (χ1) is 8.79. The summed E-state index contributed by atoms with van der Waals surface area (Å²) in [6, 6.07) is 8.50. The van der Waals surface area contributed by atoms with Gasteiger partial charge in [0.2, 0.25) is 0 Å². The molecule has 0 amide bonds. The van der Waals surface area contributed by atoms with E-state index in [2.05, 4.69) is 38.1 Å². The summed E-state index contributed by atoms with van der Waals surface area (Å²) >= 11 is 0. The number of hydrogen-bond acceptors (Lipinski definition) is 2. The van der Waals surface area contributed by atoms with Crippen molar-refractivity contribution in [2.24, 2.45) is 0 Å². The number of ether oxygens (including phenoxy) is 2. The van der Waals surface area contributed by atoms with Crippen LogP contribution in [0.4, 0.5) is 0 Å². The van der Waals surface area contributed by atoms with Crippen LogP contribution in [0.1, 0.15) is 43.7 Å². The van der Waals surface area contributed by atoms with Crippen LogP contribution in [0.15, 0.2) is 24.3 Å². The standard InChI is InChI=1S/C16H24O2/c1-3-4-5-6-15-16(18-15)12-17-11-14-9-7-13(2)8-10-14/h7-10,15-16H,3-6,11-12H2,1-2H3. The number of unbranched alkanes of at least 4 members (excludes halogenated alkanes) is 2. The largest absolute Gasteiger partial charge is 0.374 e. The van der Waals surface area contributed by atoms with Crippen LogP contribution in [0.25, 0.3) is 0 Å². The predicted octanol–water partition coefficient (Wildman–Crippen LogP) is 3.86. The van der Waals surface area contributed by atoms with Crippen molar-refractivity contribution >= 4 is 0 Å². The van der Waals surface area contributed by atoms with E-state index in [4.69, 9.17) is 9.47 Å². The van der Waals surface area contributed by atoms with Crippen LogP contribution in [-0.4, -0.2) is 18.8 Å². The highest BCUT2D eigenvalue weighted by atomic mass is 16.6. The first-order valence-corrected chi connectivity index (χ1v) is 7.08. The Morgan fingerprint density at radius 2 is 1.89 bits per heavy atom. The van der Waals surface area contributed by atoms with Gasteiger partial charge in [-0.15, -0.1) is 0 Å². The van der Waals surface area contributed by atoms with Gasteiger partial charge in [-0.2, -0.15) is 0 Å². The zero-order valence-electron chi connectivity index (χ0n) is 11.5. The van der Waals surface area contributed by atoms with E-state index >= 15 is 0 Å². The average molecular weight is 248 g/mol. The van der Waals surface area contributed by atoms with E-state index in [-0.39, 0.29) is 0 Å². The molecule has 1 heterocycles. The molecule has 100 valence electrons. The highest BCUT2D eigenvalue weighted by Gasteiger charge is 2.37. The number of epoxide rings is 1. The lowest BCUT2D eigenvalue weighted by Gasteiger charge is -2.03. The molecule has 0 aliphatic carbocycles. The molecule has 1 saturated heterocycles. The Morgan fingerprint density at radius 1 is 1.11 bits per heavy atom. The summed E-state index contributed by atoms with van der Waals surface area (Å²) in [5.41, 5.74) is 2.53. The minimum absolute atomic E-state index is 0.354. The Kier molecular flexibility index (Phi) is 5.21. The number of benzene rings is 1. The number of aryl methyl sites for hydroxylation is 1. The Morgan fingerprint density at radius 3 is 2.61 bits per heavy atom. The van der Waals surface area contributed by atoms with Crippen LogP contribution in [0.5, 0.6) is 0 Å². The maximum atomic E-state index is 5.70. The van der Waals surface area contributed by atoms with Crippen LogP contribution in [0.2, 0.25) is 0 Å². The van der Waals surface area contributed by atoms with Crippen LogP contribution < -0.4 is 0 Å². The van der Waals surface area contributed by atoms with E-state index < -0.39 is 0 Å². The van der Waals surface area contributed by atoms with Crippen molar-refractivity contribution in [3.8, 4) is 0 Å². The molecule has 2 rings (SSSR count). The van der Waals surface area contributed by atoms with E-state index in [9.17, 15) is 0 Å². The lowest BCUT2D eigenvalue weighted by atomic mass is 10.1. The van der Waals surface area contributed by atoms with E-state index in [1.54, 1.807) is 0 Å². The van der Waals surface area contributed by atoms with Gasteiger partial charge < -0.3 is 9.47 Å². The second-order valence-corrected chi connectivity index (χ2v) is 5.21. The third-order valence-electron chi connectivity index (χ3n) is 3.45. The lowest BCUT2D eigenvalue weighted by molar-refractivity contribution is 0.104. The first kappa shape index (κ1) is 13.6. The molecule has 1 aromatic carbocycles. The summed E-state index contributed by atoms with van der Waals surface area (Å²) in [4.78, 5) is 0. The Bertz CT molecular complexity index is 345. The molecule has 2 atom stereocenters. The molecule has 2 heteroatoms. The Labute approximate surface area is 110 Å². The topological polar surface area (TPSA) is 21.8 Å². The van der Waals surface area contributed by atoms with Crippen molar-refractivity contribution in [2.45, 2.75) is 58.3 Å². The molecule has 0 bridgehead atoms. The Balaban J connectivity index is 1.56. The smallest absolute Gasteiger partial charge is 0.107 e. The van der Waals surface area contributed by atoms with Crippen molar-refractivity contribution in [1.82, 2.24) is 0 Å². The van der Waals surface area contributed by atoms with Gasteiger partial charge in [-0.1, -0.05) is 56.0 Å². The molecule has 1 aliphatic rings. The van der Waals surface area contributed by atoms with E-state index in [0.29, 0.717) is 18.8 Å². The SMILES string of the molecule is CCCCCC1OC1COCc1ccc(C)cc1. The molecule has 0 saturated carbocycles. The van der Waals surface area contributed by atoms with E-state index in [1.165, 1.54) is 36.8 Å². The second kappa shape index (κ2) is 6.91. The van der Waals surface area contributed by atoms with Gasteiger partial charge in [0.15, 0.2) is 0 Å². The van der Waals surface area contributed by atoms with Gasteiger partial charge >= 0.3 is 0 Å². The van der Waals surface area contributed by atoms with Gasteiger partial charge in [0.25, 0.3) is 0 Å². The van der Waals surface area contributed by atoms with Gasteiger partial charge in [0.1, 0.15) is 6.10 Å². The van der Waals surface area contributed by atoms with Gasteiger partial charge in [-0.25, -0.2) is 0 Å². The second-order valence-electron chi connectivity index (χ2n) is 5.21. The third kappa shape index (κ3) is 4.43. The fourth-order valence-electron chi connectivity index (χ4n) is 2.15. The maximum absolute atomic E-state index is 5.70. The summed E-state index contributed by atoms with van der Waals surface area (Å²) in [5.74, 6) is 0. The summed E-state index contributed by atoms with van der Waals surface area (Å²) in [7, 11) is 0. The monoisotopic (exact) mass is 248 g/mol. The highest BCUT2D eigenvalue weighted by molar-refractivity contribution is 5.20. The van der Waals surface area contributed by atoms with Gasteiger partial charge in [0.05, 0.1) is 19.3 Å². The van der Waals surface area contributed by atoms with Crippen molar-refractivity contribution in [3.63, 3.8) is 0 Å². The fraction of sp³-hybridized carbons (Fsp3) is 0.625. The maximum Gasteiger partial charge on any atom is 0.107 e. The van der Waals surface area contributed by atoms with E-state index in [1.807, 2.05) is 0 Å². The third-order valence-corrected chi connectivity index (χ3v) is 3.45. The molecule has 2 nitrogen and oxygen atoms in total. The summed E-state index contributed by atoms with van der Waals surface area (Å²) < 4.78 is 11.3. The van der Waals surface area contributed by atoms with Crippen LogP contribution in [-0.2, 0) is 16.1 Å². The summed E-state index contributed by atoms with van der Waals surface area (Å²) in [5, 5.41) is 0. The van der Waals surface area contributed by atoms with Crippen molar-refractivity contribution in [2.75, 3.05) is 6.61 Å².